The quantitative estimate of drug-likeness (QED) is 0.0157. The zero-order valence-corrected chi connectivity index (χ0v) is 62.8. The van der Waals surface area contributed by atoms with Crippen LogP contribution in [0.3, 0.4) is 0 Å². The van der Waals surface area contributed by atoms with Crippen LogP contribution in [0.2, 0.25) is 1.41 Å². The molecule has 4 fully saturated rings. The van der Waals surface area contributed by atoms with Gasteiger partial charge >= 0.3 is 128 Å². The standard InChI is InChI=1S/C15H20N2O.C10H21NO2.C8H18O2.C7H9N.C6H13BrO2.C6H13NO2.C5H6O5.CH2O3.3CH4.BHN.ClH.2K.H3N.H/c1-16-10-13-7-15(18)8-14(11-16)17(13)9-12-5-3-2-4-6-12;1-4-12-9-6-10(13-5-2)8-11(3)7-9;1-4-7-8(9-5-2)10-6-3;8-6-7-4-2-1-3-5-7;1-3-8-6(5-7)9-4-2;1-7-3-5(8)2-6(9)4-7;6-3(1-4(7)8)2-5(9)10;2-1-4-3;;;;1-2;;;;;/h2-6,13-14H,7-11H2,1H3;9-10H,4-8H2,1-3H3;8H,4-7H2,1-3H3;1-5H,6,8H2;6H,3-5H2,1-2H3;5-6,8-9H,2-4H2,1H3;1-2H2,(H,7,8)(H,9,10);1,3H;3*1H4;2H;1H;;;1H3;/q;;;;;;;;;;;;;2*+1;;-1/p-1/i/hD. The molecular formula is C61H119BBrClK2N7O17. The Kier molecular flexibility index (Phi) is 91.2. The molecule has 24 nitrogen and oxygen atoms in total. The molecule has 4 saturated heterocycles. The van der Waals surface area contributed by atoms with Gasteiger partial charge in [0.25, 0.3) is 6.47 Å². The maximum Gasteiger partial charge on any atom is 1.00 e. The number of hydrogen-bond acceptors (Lipinski definition) is 22. The van der Waals surface area contributed by atoms with Gasteiger partial charge < -0.3 is 87.0 Å². The average Bonchev–Trinajstić information content (AvgIpc) is 0.850. The first-order valence-corrected chi connectivity index (χ1v) is 29.5. The van der Waals surface area contributed by atoms with Crippen molar-refractivity contribution in [1.29, 1.82) is 5.31 Å². The number of rotatable bonds is 23. The number of likely N-dealkylation sites (tertiary alicyclic amines) is 3. The molecule has 0 amide bonds. The number of halogens is 2. The van der Waals surface area contributed by atoms with Gasteiger partial charge in [-0.15, -0.1) is 12.4 Å². The van der Waals surface area contributed by atoms with Gasteiger partial charge in [0.15, 0.2) is 18.4 Å². The number of nitrogens with one attached hydrogen (secondary N) is 1. The van der Waals surface area contributed by atoms with Crippen LogP contribution in [-0.4, -0.2) is 232 Å². The molecule has 2 aromatic carbocycles. The summed E-state index contributed by atoms with van der Waals surface area (Å²) in [7, 11) is 9.93. The van der Waals surface area contributed by atoms with Crippen molar-refractivity contribution >= 4 is 66.0 Å². The van der Waals surface area contributed by atoms with Crippen molar-refractivity contribution in [2.45, 2.75) is 184 Å². The minimum Gasteiger partial charge on any atom is -1.00 e. The van der Waals surface area contributed by atoms with E-state index in [4.69, 9.17) is 71.4 Å². The van der Waals surface area contributed by atoms with Gasteiger partial charge in [0.2, 0.25) is 0 Å². The third-order valence-corrected chi connectivity index (χ3v) is 12.5. The van der Waals surface area contributed by atoms with E-state index in [1.807, 2.05) is 83.8 Å². The zero-order valence-electron chi connectivity index (χ0n) is 56.1. The number of benzene rings is 2. The molecule has 29 heteroatoms. The van der Waals surface area contributed by atoms with E-state index in [9.17, 15) is 19.2 Å². The van der Waals surface area contributed by atoms with Crippen LogP contribution in [0.1, 0.15) is 135 Å². The summed E-state index contributed by atoms with van der Waals surface area (Å²) < 4.78 is 37.4. The molecule has 6 rings (SSSR count). The number of fused-ring (bicyclic) bond motifs is 2. The predicted octanol–water partition coefficient (Wildman–Crippen LogP) is 1.29. The summed E-state index contributed by atoms with van der Waals surface area (Å²) in [4.78, 5) is 62.0. The molecule has 1 radical (unpaired) electrons. The monoisotopic (exact) mass is 1430 g/mol. The molecule has 0 spiro atoms. The van der Waals surface area contributed by atoms with Crippen molar-refractivity contribution < 1.29 is 189 Å². The van der Waals surface area contributed by atoms with Crippen LogP contribution in [0.5, 0.6) is 0 Å². The number of aliphatic hydroxyl groups excluding tert-OH is 2. The summed E-state index contributed by atoms with van der Waals surface area (Å²) in [5, 5.41) is 48.5. The number of likely N-dealkylation sites (N-methyl/N-ethyl adjacent to an activating group) is 3. The van der Waals surface area contributed by atoms with E-state index in [0.717, 1.165) is 96.6 Å². The number of piperazine rings is 1. The number of carbonyl (C=O) groups is 5. The Labute approximate surface area is 645 Å². The molecule has 10 N–H and O–H groups in total. The predicted molar refractivity (Wildman–Crippen MR) is 354 cm³/mol. The summed E-state index contributed by atoms with van der Waals surface area (Å²) in [6.07, 6.45) is 7.49. The van der Waals surface area contributed by atoms with Gasteiger partial charge in [-0.1, -0.05) is 112 Å². The molecule has 2 bridgehead atoms. The topological polar surface area (TPSA) is 352 Å². The van der Waals surface area contributed by atoms with E-state index in [0.29, 0.717) is 69.3 Å². The first kappa shape index (κ1) is 108. The van der Waals surface area contributed by atoms with Crippen LogP contribution in [-0.2, 0) is 70.4 Å². The SMILES string of the molecule is C.C.C.CCCC(OCC)OCC.CCOC(CBr)OCC.CCOC1CC(OCC)CN(C)C1.CN1CC(O)CC(O)C1.CN1CC2CC(=O)CC(C1)N2Cc1ccccc1.Cl.NCc1ccccc1.O=C(O)CC(=O)CC(=O)O.O=CO[O-].[2H]N.[B]=N.[H-].[K+].[K+]. The molecule has 0 aliphatic carbocycles. The van der Waals surface area contributed by atoms with Gasteiger partial charge in [-0.25, -0.2) is 0 Å². The summed E-state index contributed by atoms with van der Waals surface area (Å²) >= 11 is 3.27. The normalized spacial score (nSPS) is 18.6. The van der Waals surface area contributed by atoms with Crippen molar-refractivity contribution in [2.75, 3.05) is 105 Å². The number of β-amino-alcohol motifs (C(OH)–C–C–N with tert-alkyl or cyclic N) is 2. The van der Waals surface area contributed by atoms with Crippen molar-refractivity contribution in [3.05, 3.63) is 71.8 Å². The number of hydrogen-bond donors (Lipinski definition) is 7. The van der Waals surface area contributed by atoms with Crippen LogP contribution in [0.4, 0.5) is 0 Å². The Morgan fingerprint density at radius 3 is 1.34 bits per heavy atom. The molecule has 4 aliphatic heterocycles. The number of carboxylic acid groups (broad SMARTS) is 2. The Hall–Kier alpha value is -0.502. The number of ether oxygens (including phenoxy) is 6. The van der Waals surface area contributed by atoms with E-state index < -0.39 is 30.6 Å². The second-order valence-electron chi connectivity index (χ2n) is 19.2. The van der Waals surface area contributed by atoms with Crippen LogP contribution in [0.15, 0.2) is 60.7 Å². The number of alkyl halides is 1. The van der Waals surface area contributed by atoms with Crippen LogP contribution < -0.4 is 120 Å². The third kappa shape index (κ3) is 63.5. The van der Waals surface area contributed by atoms with Crippen molar-refractivity contribution in [3.63, 3.8) is 0 Å². The fourth-order valence-electron chi connectivity index (χ4n) is 8.85. The van der Waals surface area contributed by atoms with E-state index in [1.54, 1.807) is 0 Å². The maximum absolute atomic E-state index is 11.7. The number of Topliss-reactive ketones (excluding diaryl/α,β-unsaturated/α-hetero) is 2. The van der Waals surface area contributed by atoms with Gasteiger partial charge in [0.05, 0.1) is 29.7 Å². The Morgan fingerprint density at radius 2 is 1.04 bits per heavy atom. The number of aliphatic carboxylic acids is 2. The van der Waals surface area contributed by atoms with E-state index >= 15 is 0 Å². The second kappa shape index (κ2) is 75.9. The summed E-state index contributed by atoms with van der Waals surface area (Å²) in [5.74, 6) is -2.94. The smallest absolute Gasteiger partial charge is 1.00 e. The molecule has 2 aromatic rings. The number of carbonyl (C=O) groups excluding carboxylic acids is 3. The number of nitrogens with two attached hydrogens (primary N) is 1. The molecule has 6 atom stereocenters. The molecule has 4 heterocycles. The fraction of sp³-hybridized carbons (Fsp3) is 0.721. The molecule has 6 unspecified atom stereocenters. The van der Waals surface area contributed by atoms with Gasteiger partial charge in [0.1, 0.15) is 20.0 Å². The van der Waals surface area contributed by atoms with E-state index in [-0.39, 0.29) is 170 Å². The summed E-state index contributed by atoms with van der Waals surface area (Å²) in [6.45, 7) is 25.5. The molecule has 90 heavy (non-hydrogen) atoms. The summed E-state index contributed by atoms with van der Waals surface area (Å²) in [6, 6.07) is 21.4. The Bertz CT molecular complexity index is 1830. The minimum atomic E-state index is -1.30. The van der Waals surface area contributed by atoms with Crippen LogP contribution in [0.25, 0.3) is 0 Å². The second-order valence-corrected chi connectivity index (χ2v) is 19.8. The van der Waals surface area contributed by atoms with Gasteiger partial charge in [-0.05, 0) is 80.2 Å². The number of nitrogens with zero attached hydrogens (tertiary/aromatic N) is 4. The fourth-order valence-corrected chi connectivity index (χ4v) is 9.23. The summed E-state index contributed by atoms with van der Waals surface area (Å²) in [5.41, 5.74) is 7.89. The first-order chi connectivity index (χ1) is 40.7. The minimum absolute atomic E-state index is 0. The number of piperidine rings is 3. The third-order valence-electron chi connectivity index (χ3n) is 11.9. The number of carboxylic acids is 2. The van der Waals surface area contributed by atoms with Crippen molar-refractivity contribution in [2.24, 2.45) is 5.73 Å². The van der Waals surface area contributed by atoms with Crippen molar-refractivity contribution in [1.82, 2.24) is 25.7 Å². The molecule has 519 valence electrons. The van der Waals surface area contributed by atoms with E-state index in [2.05, 4.69) is 101 Å². The van der Waals surface area contributed by atoms with Crippen LogP contribution >= 0.6 is 28.3 Å². The van der Waals surface area contributed by atoms with Crippen molar-refractivity contribution in [3.8, 4) is 0 Å². The Morgan fingerprint density at radius 1 is 0.689 bits per heavy atom. The average molecular weight is 1430 g/mol. The van der Waals surface area contributed by atoms with Crippen LogP contribution in [0, 0.1) is 5.31 Å². The molecule has 4 aliphatic rings. The molecular weight excluding hydrogens is 1310 g/mol. The van der Waals surface area contributed by atoms with Gasteiger partial charge in [0, 0.05) is 130 Å². The first-order valence-electron chi connectivity index (χ1n) is 29.0. The maximum atomic E-state index is 11.7. The number of ketones is 2. The molecule has 0 aromatic heterocycles. The van der Waals surface area contributed by atoms with Gasteiger partial charge in [-0.2, -0.15) is 0 Å². The molecule has 0 saturated carbocycles. The zero-order chi connectivity index (χ0) is 65.4. The largest absolute Gasteiger partial charge is 1.00 e. The number of aliphatic hydroxyl groups is 2. The van der Waals surface area contributed by atoms with Gasteiger partial charge in [-0.3, -0.25) is 28.9 Å². The Balaban J connectivity index is -0.0000000910. The van der Waals surface area contributed by atoms with E-state index in [1.165, 1.54) is 11.1 Å².